The predicted molar refractivity (Wildman–Crippen MR) is 136 cm³/mol. The summed E-state index contributed by atoms with van der Waals surface area (Å²) in [5.41, 5.74) is 2.20. The zero-order valence-electron chi connectivity index (χ0n) is 21.1. The molecule has 1 N–H and O–H groups in total. The number of hydrogen-bond donors (Lipinski definition) is 1. The van der Waals surface area contributed by atoms with Gasteiger partial charge in [0.15, 0.2) is 11.5 Å². The van der Waals surface area contributed by atoms with Crippen molar-refractivity contribution in [2.45, 2.75) is 31.7 Å². The molecular formula is C26H30F2N6O3. The van der Waals surface area contributed by atoms with E-state index in [0.717, 1.165) is 23.8 Å². The highest BCUT2D eigenvalue weighted by Crippen LogP contribution is 2.32. The molecule has 196 valence electrons. The highest BCUT2D eigenvalue weighted by atomic mass is 19.3. The molecule has 1 saturated heterocycles. The molecule has 0 radical (unpaired) electrons. The van der Waals surface area contributed by atoms with Crippen molar-refractivity contribution in [1.29, 1.82) is 0 Å². The summed E-state index contributed by atoms with van der Waals surface area (Å²) in [6, 6.07) is 11.3. The Bertz CT molecular complexity index is 1400. The fraction of sp³-hybridized carbons (Fsp3) is 0.423. The van der Waals surface area contributed by atoms with Gasteiger partial charge in [-0.15, -0.1) is 5.10 Å². The lowest BCUT2D eigenvalue weighted by Crippen LogP contribution is -2.37. The first-order valence-electron chi connectivity index (χ1n) is 12.2. The van der Waals surface area contributed by atoms with Gasteiger partial charge < -0.3 is 19.5 Å². The normalized spacial score (nSPS) is 16.4. The lowest BCUT2D eigenvalue weighted by molar-refractivity contribution is 0.0731. The molecule has 5 rings (SSSR count). The first kappa shape index (κ1) is 24.9. The molecule has 1 unspecified atom stereocenters. The Morgan fingerprint density at radius 2 is 1.89 bits per heavy atom. The van der Waals surface area contributed by atoms with Gasteiger partial charge in [-0.25, -0.2) is 18.7 Å². The van der Waals surface area contributed by atoms with Crippen LogP contribution in [0.4, 0.5) is 14.7 Å². The molecule has 0 bridgehead atoms. The molecule has 0 aliphatic carbocycles. The van der Waals surface area contributed by atoms with Crippen LogP contribution in [0.1, 0.15) is 30.1 Å². The third-order valence-electron chi connectivity index (χ3n) is 6.70. The fourth-order valence-electron chi connectivity index (χ4n) is 4.87. The van der Waals surface area contributed by atoms with Gasteiger partial charge in [0.2, 0.25) is 5.95 Å². The SMILES string of the molecule is COc1ccc(CNc2nc3c(OC)cccc3c3nc(C4CCCN(CC(F)F)C4)nn23)c(OC)c1. The minimum atomic E-state index is -2.36. The van der Waals surface area contributed by atoms with E-state index in [2.05, 4.69) is 5.32 Å². The standard InChI is InChI=1S/C26H30F2N6O3/c1-35-18-10-9-16(21(12-18)37-3)13-29-26-30-23-19(7-4-8-20(23)36-2)25-31-24(32-34(25)26)17-6-5-11-33(14-17)15-22(27)28/h4,7-10,12,17,22H,5-6,11,13-15H2,1-3H3,(H,29,30). The molecule has 4 aromatic rings. The van der Waals surface area contributed by atoms with E-state index in [0.29, 0.717) is 59.8 Å². The first-order chi connectivity index (χ1) is 18.0. The molecular weight excluding hydrogens is 482 g/mol. The maximum absolute atomic E-state index is 13.0. The number of halogens is 2. The summed E-state index contributed by atoms with van der Waals surface area (Å²) in [6.07, 6.45) is -0.696. The molecule has 37 heavy (non-hydrogen) atoms. The molecule has 3 heterocycles. The minimum Gasteiger partial charge on any atom is -0.497 e. The van der Waals surface area contributed by atoms with Gasteiger partial charge in [-0.05, 0) is 43.7 Å². The molecule has 1 atom stereocenters. The van der Waals surface area contributed by atoms with Crippen molar-refractivity contribution >= 4 is 22.5 Å². The third-order valence-corrected chi connectivity index (χ3v) is 6.70. The average Bonchev–Trinajstić information content (AvgIpc) is 3.37. The molecule has 1 fully saturated rings. The second kappa shape index (κ2) is 10.7. The van der Waals surface area contributed by atoms with Gasteiger partial charge in [0.1, 0.15) is 22.8 Å². The number of rotatable bonds is 9. The highest BCUT2D eigenvalue weighted by Gasteiger charge is 2.27. The van der Waals surface area contributed by atoms with Crippen molar-refractivity contribution in [3.05, 3.63) is 47.8 Å². The van der Waals surface area contributed by atoms with Crippen LogP contribution >= 0.6 is 0 Å². The van der Waals surface area contributed by atoms with Crippen LogP contribution < -0.4 is 19.5 Å². The van der Waals surface area contributed by atoms with E-state index >= 15 is 0 Å². The first-order valence-corrected chi connectivity index (χ1v) is 12.2. The highest BCUT2D eigenvalue weighted by molar-refractivity contribution is 5.96. The van der Waals surface area contributed by atoms with Crippen LogP contribution in [0.3, 0.4) is 0 Å². The van der Waals surface area contributed by atoms with Crippen molar-refractivity contribution in [1.82, 2.24) is 24.5 Å². The van der Waals surface area contributed by atoms with E-state index in [-0.39, 0.29) is 12.5 Å². The largest absolute Gasteiger partial charge is 0.497 e. The number of methoxy groups -OCH3 is 3. The molecule has 11 heteroatoms. The van der Waals surface area contributed by atoms with E-state index in [4.69, 9.17) is 29.3 Å². The van der Waals surface area contributed by atoms with Crippen LogP contribution in [0.15, 0.2) is 36.4 Å². The molecule has 0 saturated carbocycles. The topological polar surface area (TPSA) is 86.0 Å². The quantitative estimate of drug-likeness (QED) is 0.354. The Hall–Kier alpha value is -3.73. The monoisotopic (exact) mass is 512 g/mol. The Balaban J connectivity index is 1.54. The summed E-state index contributed by atoms with van der Waals surface area (Å²) in [7, 11) is 4.82. The fourth-order valence-corrected chi connectivity index (χ4v) is 4.87. The zero-order chi connectivity index (χ0) is 25.9. The van der Waals surface area contributed by atoms with Gasteiger partial charge in [0.05, 0.1) is 27.9 Å². The number of hydrogen-bond acceptors (Lipinski definition) is 8. The zero-order valence-corrected chi connectivity index (χ0v) is 21.1. The maximum Gasteiger partial charge on any atom is 0.251 e. The minimum absolute atomic E-state index is 0.0393. The Kier molecular flexibility index (Phi) is 7.22. The van der Waals surface area contributed by atoms with Crippen molar-refractivity contribution in [2.75, 3.05) is 46.3 Å². The van der Waals surface area contributed by atoms with Crippen LogP contribution in [-0.2, 0) is 6.54 Å². The van der Waals surface area contributed by atoms with Crippen molar-refractivity contribution in [2.24, 2.45) is 0 Å². The second-order valence-corrected chi connectivity index (χ2v) is 9.02. The number of ether oxygens (including phenoxy) is 3. The number of alkyl halides is 2. The Morgan fingerprint density at radius 1 is 1.05 bits per heavy atom. The summed E-state index contributed by atoms with van der Waals surface area (Å²) in [6.45, 7) is 1.34. The van der Waals surface area contributed by atoms with Crippen LogP contribution in [0.2, 0.25) is 0 Å². The molecule has 0 amide bonds. The van der Waals surface area contributed by atoms with E-state index in [1.165, 1.54) is 0 Å². The van der Waals surface area contributed by atoms with Gasteiger partial charge >= 0.3 is 0 Å². The van der Waals surface area contributed by atoms with Gasteiger partial charge in [-0.2, -0.15) is 4.52 Å². The number of para-hydroxylation sites is 1. The van der Waals surface area contributed by atoms with Gasteiger partial charge in [-0.3, -0.25) is 4.90 Å². The maximum atomic E-state index is 13.0. The second-order valence-electron chi connectivity index (χ2n) is 9.02. The average molecular weight is 513 g/mol. The Labute approximate surface area is 213 Å². The van der Waals surface area contributed by atoms with Crippen molar-refractivity contribution in [3.8, 4) is 17.2 Å². The number of likely N-dealkylation sites (tertiary alicyclic amines) is 1. The lowest BCUT2D eigenvalue weighted by Gasteiger charge is -2.30. The third kappa shape index (κ3) is 5.08. The molecule has 1 aliphatic heterocycles. The number of nitrogens with zero attached hydrogens (tertiary/aromatic N) is 5. The van der Waals surface area contributed by atoms with Crippen molar-refractivity contribution in [3.63, 3.8) is 0 Å². The van der Waals surface area contributed by atoms with E-state index in [1.54, 1.807) is 30.7 Å². The number of benzene rings is 2. The lowest BCUT2D eigenvalue weighted by atomic mass is 9.97. The van der Waals surface area contributed by atoms with E-state index < -0.39 is 6.43 Å². The van der Waals surface area contributed by atoms with Crippen LogP contribution in [-0.4, -0.2) is 71.9 Å². The number of anilines is 1. The number of fused-ring (bicyclic) bond motifs is 3. The summed E-state index contributed by atoms with van der Waals surface area (Å²) >= 11 is 0. The van der Waals surface area contributed by atoms with Crippen molar-refractivity contribution < 1.29 is 23.0 Å². The molecule has 0 spiro atoms. The summed E-state index contributed by atoms with van der Waals surface area (Å²) < 4.78 is 44.1. The van der Waals surface area contributed by atoms with E-state index in [1.807, 2.05) is 36.4 Å². The molecule has 2 aromatic carbocycles. The Morgan fingerprint density at radius 3 is 2.65 bits per heavy atom. The van der Waals surface area contributed by atoms with Gasteiger partial charge in [0, 0.05) is 36.0 Å². The number of aromatic nitrogens is 4. The molecule has 1 aliphatic rings. The molecule has 2 aromatic heterocycles. The van der Waals surface area contributed by atoms with Gasteiger partial charge in [0.25, 0.3) is 6.43 Å². The van der Waals surface area contributed by atoms with Gasteiger partial charge in [-0.1, -0.05) is 6.07 Å². The van der Waals surface area contributed by atoms with Crippen LogP contribution in [0, 0.1) is 0 Å². The number of nitrogens with one attached hydrogen (secondary N) is 1. The molecule has 9 nitrogen and oxygen atoms in total. The predicted octanol–water partition coefficient (Wildman–Crippen LogP) is 4.36. The smallest absolute Gasteiger partial charge is 0.251 e. The summed E-state index contributed by atoms with van der Waals surface area (Å²) in [5.74, 6) is 3.08. The summed E-state index contributed by atoms with van der Waals surface area (Å²) in [5, 5.41) is 8.98. The van der Waals surface area contributed by atoms with E-state index in [9.17, 15) is 8.78 Å². The van der Waals surface area contributed by atoms with Crippen LogP contribution in [0.5, 0.6) is 17.2 Å². The number of piperidine rings is 1. The summed E-state index contributed by atoms with van der Waals surface area (Å²) in [4.78, 5) is 11.5. The van der Waals surface area contributed by atoms with Crippen LogP contribution in [0.25, 0.3) is 16.6 Å².